The van der Waals surface area contributed by atoms with Crippen molar-refractivity contribution in [2.45, 2.75) is 20.4 Å². The number of benzene rings is 1. The van der Waals surface area contributed by atoms with Gasteiger partial charge in [-0.1, -0.05) is 28.1 Å². The normalized spacial score (nSPS) is 10.3. The lowest BCUT2D eigenvalue weighted by Gasteiger charge is -2.07. The summed E-state index contributed by atoms with van der Waals surface area (Å²) in [6, 6.07) is 8.19. The summed E-state index contributed by atoms with van der Waals surface area (Å²) in [5.74, 6) is 0.813. The molecule has 0 spiro atoms. The Morgan fingerprint density at radius 1 is 1.24 bits per heavy atom. The highest BCUT2D eigenvalue weighted by Gasteiger charge is 1.99. The summed E-state index contributed by atoms with van der Waals surface area (Å²) in [6.45, 7) is 4.67. The van der Waals surface area contributed by atoms with Crippen LogP contribution in [0.4, 0.5) is 5.82 Å². The van der Waals surface area contributed by atoms with Crippen molar-refractivity contribution in [3.05, 3.63) is 51.9 Å². The second-order valence-electron chi connectivity index (χ2n) is 3.91. The highest BCUT2D eigenvalue weighted by Crippen LogP contribution is 2.13. The van der Waals surface area contributed by atoms with Crippen LogP contribution in [0.15, 0.2) is 34.9 Å². The fourth-order valence-electron chi connectivity index (χ4n) is 1.47. The molecule has 0 saturated heterocycles. The number of nitrogens with one attached hydrogen (secondary N) is 1. The molecule has 0 unspecified atom stereocenters. The maximum absolute atomic E-state index is 4.42. The molecule has 1 N–H and O–H groups in total. The van der Waals surface area contributed by atoms with Crippen LogP contribution in [0.3, 0.4) is 0 Å². The fraction of sp³-hybridized carbons (Fsp3) is 0.231. The Kier molecular flexibility index (Phi) is 3.74. The zero-order valence-corrected chi connectivity index (χ0v) is 11.5. The minimum atomic E-state index is 0.747. The molecule has 2 rings (SSSR count). The molecule has 1 heterocycles. The van der Waals surface area contributed by atoms with Crippen molar-refractivity contribution in [1.82, 2.24) is 9.97 Å². The topological polar surface area (TPSA) is 37.8 Å². The Balaban J connectivity index is 2.05. The van der Waals surface area contributed by atoms with E-state index in [-0.39, 0.29) is 0 Å². The monoisotopic (exact) mass is 291 g/mol. The number of hydrogen-bond donors (Lipinski definition) is 1. The third-order valence-corrected chi connectivity index (χ3v) is 3.05. The molecule has 0 bridgehead atoms. The molecule has 1 aromatic heterocycles. The van der Waals surface area contributed by atoms with Crippen LogP contribution in [0.2, 0.25) is 0 Å². The van der Waals surface area contributed by atoms with Gasteiger partial charge in [0.2, 0.25) is 0 Å². The molecule has 88 valence electrons. The van der Waals surface area contributed by atoms with Crippen LogP contribution in [0.25, 0.3) is 0 Å². The maximum Gasteiger partial charge on any atom is 0.145 e. The molecule has 0 aliphatic rings. The van der Waals surface area contributed by atoms with Gasteiger partial charge in [-0.25, -0.2) is 4.98 Å². The first-order valence-corrected chi connectivity index (χ1v) is 6.23. The van der Waals surface area contributed by atoms with Crippen molar-refractivity contribution in [3.63, 3.8) is 0 Å². The lowest BCUT2D eigenvalue weighted by molar-refractivity contribution is 1.02. The number of rotatable bonds is 3. The molecule has 0 aliphatic carbocycles. The van der Waals surface area contributed by atoms with Gasteiger partial charge in [0, 0.05) is 11.0 Å². The number of aromatic nitrogens is 2. The quantitative estimate of drug-likeness (QED) is 0.941. The SMILES string of the molecule is Cc1ncc(NCc2cccc(Br)c2)nc1C. The lowest BCUT2D eigenvalue weighted by atomic mass is 10.2. The minimum absolute atomic E-state index is 0.747. The van der Waals surface area contributed by atoms with E-state index in [2.05, 4.69) is 43.3 Å². The first kappa shape index (κ1) is 12.0. The Bertz CT molecular complexity index is 526. The number of anilines is 1. The van der Waals surface area contributed by atoms with Gasteiger partial charge in [-0.3, -0.25) is 4.98 Å². The molecule has 3 nitrogen and oxygen atoms in total. The van der Waals surface area contributed by atoms with Gasteiger partial charge in [0.1, 0.15) is 5.82 Å². The smallest absolute Gasteiger partial charge is 0.145 e. The van der Waals surface area contributed by atoms with E-state index in [0.29, 0.717) is 0 Å². The summed E-state index contributed by atoms with van der Waals surface area (Å²) < 4.78 is 1.09. The predicted octanol–water partition coefficient (Wildman–Crippen LogP) is 3.47. The summed E-state index contributed by atoms with van der Waals surface area (Å²) in [6.07, 6.45) is 1.76. The standard InChI is InChI=1S/C13H14BrN3/c1-9-10(2)17-13(8-15-9)16-7-11-4-3-5-12(14)6-11/h3-6,8H,7H2,1-2H3,(H,16,17). The second kappa shape index (κ2) is 5.27. The van der Waals surface area contributed by atoms with Crippen LogP contribution in [-0.2, 0) is 6.54 Å². The number of aryl methyl sites for hydroxylation is 2. The first-order valence-electron chi connectivity index (χ1n) is 5.44. The number of hydrogen-bond acceptors (Lipinski definition) is 3. The maximum atomic E-state index is 4.42. The van der Waals surface area contributed by atoms with Crippen LogP contribution >= 0.6 is 15.9 Å². The Labute approximate surface area is 109 Å². The highest BCUT2D eigenvalue weighted by molar-refractivity contribution is 9.10. The van der Waals surface area contributed by atoms with E-state index in [9.17, 15) is 0 Å². The summed E-state index contributed by atoms with van der Waals surface area (Å²) in [5, 5.41) is 3.26. The molecule has 0 amide bonds. The highest BCUT2D eigenvalue weighted by atomic mass is 79.9. The van der Waals surface area contributed by atoms with Crippen molar-refractivity contribution in [3.8, 4) is 0 Å². The molecule has 2 aromatic rings. The molecule has 0 radical (unpaired) electrons. The predicted molar refractivity (Wildman–Crippen MR) is 73.0 cm³/mol. The average Bonchev–Trinajstić information content (AvgIpc) is 2.31. The van der Waals surface area contributed by atoms with Gasteiger partial charge in [0.25, 0.3) is 0 Å². The minimum Gasteiger partial charge on any atom is -0.365 e. The third kappa shape index (κ3) is 3.27. The van der Waals surface area contributed by atoms with E-state index in [1.165, 1.54) is 5.56 Å². The van der Waals surface area contributed by atoms with Gasteiger partial charge in [-0.2, -0.15) is 0 Å². The van der Waals surface area contributed by atoms with E-state index in [0.717, 1.165) is 28.2 Å². The van der Waals surface area contributed by atoms with Crippen molar-refractivity contribution < 1.29 is 0 Å². The number of nitrogens with zero attached hydrogens (tertiary/aromatic N) is 2. The van der Waals surface area contributed by atoms with Crippen LogP contribution in [0.5, 0.6) is 0 Å². The van der Waals surface area contributed by atoms with E-state index in [4.69, 9.17) is 0 Å². The molecule has 17 heavy (non-hydrogen) atoms. The first-order chi connectivity index (χ1) is 8.15. The summed E-state index contributed by atoms with van der Waals surface area (Å²) in [4.78, 5) is 8.70. The van der Waals surface area contributed by atoms with E-state index in [1.807, 2.05) is 26.0 Å². The summed E-state index contributed by atoms with van der Waals surface area (Å²) >= 11 is 3.45. The van der Waals surface area contributed by atoms with Crippen molar-refractivity contribution >= 4 is 21.7 Å². The third-order valence-electron chi connectivity index (χ3n) is 2.55. The van der Waals surface area contributed by atoms with E-state index in [1.54, 1.807) is 6.20 Å². The zero-order chi connectivity index (χ0) is 12.3. The Morgan fingerprint density at radius 3 is 2.76 bits per heavy atom. The van der Waals surface area contributed by atoms with Gasteiger partial charge in [0.05, 0.1) is 17.6 Å². The van der Waals surface area contributed by atoms with Gasteiger partial charge in [-0.05, 0) is 31.5 Å². The van der Waals surface area contributed by atoms with E-state index >= 15 is 0 Å². The number of halogens is 1. The van der Waals surface area contributed by atoms with Gasteiger partial charge < -0.3 is 5.32 Å². The van der Waals surface area contributed by atoms with E-state index < -0.39 is 0 Å². The van der Waals surface area contributed by atoms with Gasteiger partial charge >= 0.3 is 0 Å². The largest absolute Gasteiger partial charge is 0.365 e. The van der Waals surface area contributed by atoms with Crippen LogP contribution in [0.1, 0.15) is 17.0 Å². The second-order valence-corrected chi connectivity index (χ2v) is 4.83. The van der Waals surface area contributed by atoms with Crippen molar-refractivity contribution in [2.24, 2.45) is 0 Å². The average molecular weight is 292 g/mol. The molecule has 0 atom stereocenters. The molecule has 1 aromatic carbocycles. The molecule has 0 fully saturated rings. The zero-order valence-electron chi connectivity index (χ0n) is 9.87. The van der Waals surface area contributed by atoms with Gasteiger partial charge in [-0.15, -0.1) is 0 Å². The van der Waals surface area contributed by atoms with Crippen LogP contribution < -0.4 is 5.32 Å². The summed E-state index contributed by atoms with van der Waals surface area (Å²) in [5.41, 5.74) is 3.14. The van der Waals surface area contributed by atoms with Gasteiger partial charge in [0.15, 0.2) is 0 Å². The molecular weight excluding hydrogens is 278 g/mol. The molecule has 0 aliphatic heterocycles. The van der Waals surface area contributed by atoms with Crippen LogP contribution in [0, 0.1) is 13.8 Å². The lowest BCUT2D eigenvalue weighted by Crippen LogP contribution is -2.03. The Morgan fingerprint density at radius 2 is 2.06 bits per heavy atom. The molecule has 0 saturated carbocycles. The molecular formula is C13H14BrN3. The van der Waals surface area contributed by atoms with Crippen LogP contribution in [-0.4, -0.2) is 9.97 Å². The Hall–Kier alpha value is -1.42. The molecule has 4 heteroatoms. The van der Waals surface area contributed by atoms with Crippen molar-refractivity contribution in [2.75, 3.05) is 5.32 Å². The summed E-state index contributed by atoms with van der Waals surface area (Å²) in [7, 11) is 0. The van der Waals surface area contributed by atoms with Crippen molar-refractivity contribution in [1.29, 1.82) is 0 Å². The fourth-order valence-corrected chi connectivity index (χ4v) is 1.91.